The lowest BCUT2D eigenvalue weighted by Gasteiger charge is -2.35. The summed E-state index contributed by atoms with van der Waals surface area (Å²) in [7, 11) is 0. The van der Waals surface area contributed by atoms with Crippen LogP contribution in [0, 0.1) is 15.9 Å². The number of thiazole rings is 1. The van der Waals surface area contributed by atoms with E-state index in [4.69, 9.17) is 0 Å². The number of benzene rings is 1. The molecule has 0 amide bonds. The lowest BCUT2D eigenvalue weighted by Crippen LogP contribution is -2.46. The average Bonchev–Trinajstić information content (AvgIpc) is 3.16. The number of halogens is 1. The molecular formula is C15H14FN5O2S. The number of piperazine rings is 1. The van der Waals surface area contributed by atoms with Crippen LogP contribution in [0.4, 0.5) is 21.7 Å². The van der Waals surface area contributed by atoms with Crippen LogP contribution in [0.5, 0.6) is 0 Å². The van der Waals surface area contributed by atoms with E-state index < -0.39 is 0 Å². The van der Waals surface area contributed by atoms with Gasteiger partial charge in [-0.2, -0.15) is 9.38 Å². The van der Waals surface area contributed by atoms with Crippen molar-refractivity contribution in [3.63, 3.8) is 0 Å². The van der Waals surface area contributed by atoms with E-state index >= 15 is 0 Å². The highest BCUT2D eigenvalue weighted by atomic mass is 32.1. The van der Waals surface area contributed by atoms with E-state index in [-0.39, 0.29) is 16.6 Å². The van der Waals surface area contributed by atoms with Crippen LogP contribution in [0.15, 0.2) is 35.8 Å². The molecule has 1 aliphatic heterocycles. The van der Waals surface area contributed by atoms with Crippen LogP contribution >= 0.6 is 11.3 Å². The Bertz CT molecular complexity index is 883. The zero-order valence-corrected chi connectivity index (χ0v) is 13.4. The van der Waals surface area contributed by atoms with Crippen molar-refractivity contribution in [2.45, 2.75) is 0 Å². The smallest absolute Gasteiger partial charge is 0.368 e. The third-order valence-corrected chi connectivity index (χ3v) is 4.92. The first kappa shape index (κ1) is 14.9. The number of anilines is 2. The van der Waals surface area contributed by atoms with Crippen molar-refractivity contribution < 1.29 is 9.31 Å². The zero-order chi connectivity index (χ0) is 16.7. The maximum Gasteiger partial charge on any atom is 0.373 e. The van der Waals surface area contributed by atoms with Gasteiger partial charge in [0.15, 0.2) is 0 Å². The topological polar surface area (TPSA) is 66.9 Å². The van der Waals surface area contributed by atoms with Crippen LogP contribution in [0.25, 0.3) is 4.96 Å². The number of imidazole rings is 1. The third-order valence-electron chi connectivity index (χ3n) is 4.16. The summed E-state index contributed by atoms with van der Waals surface area (Å²) in [6, 6.07) is 6.38. The van der Waals surface area contributed by atoms with E-state index in [0.717, 1.165) is 5.69 Å². The highest BCUT2D eigenvalue weighted by molar-refractivity contribution is 7.15. The fourth-order valence-electron chi connectivity index (χ4n) is 2.97. The van der Waals surface area contributed by atoms with Crippen molar-refractivity contribution in [1.29, 1.82) is 0 Å². The highest BCUT2D eigenvalue weighted by Crippen LogP contribution is 2.32. The van der Waals surface area contributed by atoms with Gasteiger partial charge in [-0.05, 0) is 29.2 Å². The van der Waals surface area contributed by atoms with Crippen molar-refractivity contribution in [3.8, 4) is 0 Å². The number of hydrogen-bond acceptors (Lipinski definition) is 6. The van der Waals surface area contributed by atoms with Crippen molar-refractivity contribution >= 4 is 33.6 Å². The fraction of sp³-hybridized carbons (Fsp3) is 0.267. The van der Waals surface area contributed by atoms with Gasteiger partial charge in [-0.1, -0.05) is 11.3 Å². The summed E-state index contributed by atoms with van der Waals surface area (Å²) in [5.41, 5.74) is 0.955. The molecule has 1 aliphatic rings. The SMILES string of the molecule is O=[N+]([O-])c1c(N2CCN(c3ccc(F)cc3)CC2)nc2sccn12. The lowest BCUT2D eigenvalue weighted by molar-refractivity contribution is -0.389. The summed E-state index contributed by atoms with van der Waals surface area (Å²) >= 11 is 1.38. The van der Waals surface area contributed by atoms with E-state index in [1.165, 1.54) is 27.9 Å². The van der Waals surface area contributed by atoms with Crippen LogP contribution in [-0.4, -0.2) is 40.5 Å². The highest BCUT2D eigenvalue weighted by Gasteiger charge is 2.30. The third kappa shape index (κ3) is 2.46. The number of nitro groups is 1. The predicted octanol–water partition coefficient (Wildman–Crippen LogP) is 2.77. The number of nitrogens with zero attached hydrogens (tertiary/aromatic N) is 5. The van der Waals surface area contributed by atoms with Gasteiger partial charge in [0.2, 0.25) is 5.82 Å². The summed E-state index contributed by atoms with van der Waals surface area (Å²) in [4.78, 5) is 20.2. The molecule has 0 spiro atoms. The van der Waals surface area contributed by atoms with Gasteiger partial charge in [0.05, 0.1) is 0 Å². The first-order valence-corrected chi connectivity index (χ1v) is 8.37. The van der Waals surface area contributed by atoms with Crippen LogP contribution in [-0.2, 0) is 0 Å². The Morgan fingerprint density at radius 1 is 1.12 bits per heavy atom. The number of aromatic nitrogens is 2. The van der Waals surface area contributed by atoms with E-state index in [1.54, 1.807) is 23.7 Å². The molecule has 124 valence electrons. The Morgan fingerprint density at radius 2 is 1.79 bits per heavy atom. The molecule has 3 aromatic rings. The minimum Gasteiger partial charge on any atom is -0.368 e. The lowest BCUT2D eigenvalue weighted by atomic mass is 10.2. The van der Waals surface area contributed by atoms with Crippen molar-refractivity contribution in [1.82, 2.24) is 9.38 Å². The van der Waals surface area contributed by atoms with Crippen LogP contribution in [0.3, 0.4) is 0 Å². The largest absolute Gasteiger partial charge is 0.373 e. The standard InChI is InChI=1S/C15H14FN5O2S/c16-11-1-3-12(4-2-11)18-5-7-19(8-6-18)13-14(21(22)23)20-9-10-24-15(20)17-13/h1-4,9-10H,5-8H2. The predicted molar refractivity (Wildman–Crippen MR) is 90.5 cm³/mol. The van der Waals surface area contributed by atoms with Crippen molar-refractivity contribution in [2.24, 2.45) is 0 Å². The summed E-state index contributed by atoms with van der Waals surface area (Å²) < 4.78 is 14.5. The average molecular weight is 347 g/mol. The van der Waals surface area contributed by atoms with Gasteiger partial charge < -0.3 is 19.9 Å². The van der Waals surface area contributed by atoms with Crippen molar-refractivity contribution in [2.75, 3.05) is 36.0 Å². The summed E-state index contributed by atoms with van der Waals surface area (Å²) in [5.74, 6) is 0.179. The first-order chi connectivity index (χ1) is 11.6. The van der Waals surface area contributed by atoms with Crippen LogP contribution < -0.4 is 9.80 Å². The first-order valence-electron chi connectivity index (χ1n) is 7.49. The van der Waals surface area contributed by atoms with Gasteiger partial charge in [-0.15, -0.1) is 0 Å². The maximum atomic E-state index is 13.0. The Labute approximate surface area is 140 Å². The molecular weight excluding hydrogens is 333 g/mol. The summed E-state index contributed by atoms with van der Waals surface area (Å²) in [6.07, 6.45) is 1.67. The molecule has 4 rings (SSSR count). The Balaban J connectivity index is 1.56. The molecule has 7 nitrogen and oxygen atoms in total. The minimum atomic E-state index is -0.381. The number of fused-ring (bicyclic) bond motifs is 1. The van der Waals surface area contributed by atoms with Crippen LogP contribution in [0.1, 0.15) is 0 Å². The fourth-order valence-corrected chi connectivity index (χ4v) is 3.68. The molecule has 1 aromatic carbocycles. The summed E-state index contributed by atoms with van der Waals surface area (Å²) in [6.45, 7) is 2.66. The molecule has 0 unspecified atom stereocenters. The molecule has 3 heterocycles. The molecule has 0 aliphatic carbocycles. The molecule has 24 heavy (non-hydrogen) atoms. The molecule has 2 aromatic heterocycles. The molecule has 9 heteroatoms. The molecule has 1 fully saturated rings. The summed E-state index contributed by atoms with van der Waals surface area (Å²) in [5, 5.41) is 13.2. The molecule has 0 N–H and O–H groups in total. The van der Waals surface area contributed by atoms with Gasteiger partial charge in [-0.25, -0.2) is 4.39 Å². The van der Waals surface area contributed by atoms with E-state index in [1.807, 2.05) is 4.90 Å². The van der Waals surface area contributed by atoms with Gasteiger partial charge in [0, 0.05) is 37.2 Å². The maximum absolute atomic E-state index is 13.0. The molecule has 0 saturated carbocycles. The molecule has 0 atom stereocenters. The van der Waals surface area contributed by atoms with E-state index in [9.17, 15) is 14.5 Å². The van der Waals surface area contributed by atoms with E-state index in [0.29, 0.717) is 37.0 Å². The second-order valence-corrected chi connectivity index (χ2v) is 6.40. The Morgan fingerprint density at radius 3 is 2.46 bits per heavy atom. The van der Waals surface area contributed by atoms with Gasteiger partial charge in [0.1, 0.15) is 12.0 Å². The normalized spacial score (nSPS) is 15.2. The second kappa shape index (κ2) is 5.75. The Hall–Kier alpha value is -2.68. The monoisotopic (exact) mass is 347 g/mol. The number of hydrogen-bond donors (Lipinski definition) is 0. The van der Waals surface area contributed by atoms with Gasteiger partial charge >= 0.3 is 5.82 Å². The molecule has 1 saturated heterocycles. The number of rotatable bonds is 3. The van der Waals surface area contributed by atoms with Crippen molar-refractivity contribution in [3.05, 3.63) is 51.8 Å². The van der Waals surface area contributed by atoms with Crippen LogP contribution in [0.2, 0.25) is 0 Å². The van der Waals surface area contributed by atoms with Gasteiger partial charge in [0.25, 0.3) is 4.96 Å². The minimum absolute atomic E-state index is 0.0153. The van der Waals surface area contributed by atoms with Gasteiger partial charge in [-0.3, -0.25) is 0 Å². The Kier molecular flexibility index (Phi) is 3.57. The quantitative estimate of drug-likeness (QED) is 0.538. The second-order valence-electron chi connectivity index (χ2n) is 5.52. The molecule has 0 bridgehead atoms. The van der Waals surface area contributed by atoms with E-state index in [2.05, 4.69) is 9.88 Å². The molecule has 0 radical (unpaired) electrons. The zero-order valence-electron chi connectivity index (χ0n) is 12.6.